The van der Waals surface area contributed by atoms with Crippen LogP contribution in [0.2, 0.25) is 0 Å². The summed E-state index contributed by atoms with van der Waals surface area (Å²) >= 11 is 0. The fourth-order valence-corrected chi connectivity index (χ4v) is 1.43. The normalized spacial score (nSPS) is 10.5. The van der Waals surface area contributed by atoms with Gasteiger partial charge in [-0.05, 0) is 18.6 Å². The second-order valence-corrected chi connectivity index (χ2v) is 3.54. The lowest BCUT2D eigenvalue weighted by atomic mass is 10.2. The maximum absolute atomic E-state index is 5.56. The fraction of sp³-hybridized carbons (Fsp3) is 0.231. The molecule has 0 saturated heterocycles. The number of benzene rings is 1. The van der Waals surface area contributed by atoms with Crippen molar-refractivity contribution < 1.29 is 9.15 Å². The van der Waals surface area contributed by atoms with Crippen molar-refractivity contribution in [1.82, 2.24) is 0 Å². The maximum Gasteiger partial charge on any atom is 0.101 e. The van der Waals surface area contributed by atoms with Crippen molar-refractivity contribution in [3.63, 3.8) is 0 Å². The zero-order valence-electron chi connectivity index (χ0n) is 8.77. The fourth-order valence-electron chi connectivity index (χ4n) is 1.43. The van der Waals surface area contributed by atoms with Crippen molar-refractivity contribution in [1.29, 1.82) is 0 Å². The van der Waals surface area contributed by atoms with E-state index in [-0.39, 0.29) is 0 Å². The first-order valence-corrected chi connectivity index (χ1v) is 5.00. The third-order valence-corrected chi connectivity index (χ3v) is 2.17. The molecule has 2 heteroatoms. The number of furan rings is 1. The smallest absolute Gasteiger partial charge is 0.101 e. The lowest BCUT2D eigenvalue weighted by Crippen LogP contribution is -1.92. The van der Waals surface area contributed by atoms with Gasteiger partial charge in [-0.25, -0.2) is 0 Å². The molecule has 78 valence electrons. The third kappa shape index (κ3) is 2.96. The molecule has 15 heavy (non-hydrogen) atoms. The van der Waals surface area contributed by atoms with Crippen LogP contribution in [0, 0.1) is 6.92 Å². The highest BCUT2D eigenvalue weighted by atomic mass is 16.5. The van der Waals surface area contributed by atoms with Gasteiger partial charge in [-0.2, -0.15) is 0 Å². The molecule has 0 N–H and O–H groups in total. The van der Waals surface area contributed by atoms with Crippen molar-refractivity contribution in [3.8, 4) is 0 Å². The molecule has 0 radical (unpaired) electrons. The number of aryl methyl sites for hydroxylation is 1. The van der Waals surface area contributed by atoms with Crippen LogP contribution >= 0.6 is 0 Å². The molecule has 0 amide bonds. The minimum atomic E-state index is 0.603. The van der Waals surface area contributed by atoms with Crippen molar-refractivity contribution in [2.45, 2.75) is 20.1 Å². The summed E-state index contributed by atoms with van der Waals surface area (Å²) in [5.41, 5.74) is 2.28. The molecule has 2 rings (SSSR count). The van der Waals surface area contributed by atoms with Gasteiger partial charge < -0.3 is 9.15 Å². The monoisotopic (exact) mass is 202 g/mol. The van der Waals surface area contributed by atoms with E-state index in [0.717, 1.165) is 11.3 Å². The minimum absolute atomic E-state index is 0.603. The predicted molar refractivity (Wildman–Crippen MR) is 58.4 cm³/mol. The van der Waals surface area contributed by atoms with E-state index < -0.39 is 0 Å². The molecule has 0 unspecified atom stereocenters. The van der Waals surface area contributed by atoms with Crippen LogP contribution in [0.5, 0.6) is 0 Å². The maximum atomic E-state index is 5.56. The van der Waals surface area contributed by atoms with E-state index in [0.29, 0.717) is 13.2 Å². The van der Waals surface area contributed by atoms with Gasteiger partial charge in [0.1, 0.15) is 5.76 Å². The van der Waals surface area contributed by atoms with Gasteiger partial charge in [0, 0.05) is 5.56 Å². The van der Waals surface area contributed by atoms with Crippen molar-refractivity contribution in [2.24, 2.45) is 0 Å². The first kappa shape index (κ1) is 9.99. The van der Waals surface area contributed by atoms with Gasteiger partial charge in [0.05, 0.1) is 19.5 Å². The highest BCUT2D eigenvalue weighted by Gasteiger charge is 1.98. The van der Waals surface area contributed by atoms with Gasteiger partial charge in [0.2, 0.25) is 0 Å². The van der Waals surface area contributed by atoms with Crippen LogP contribution in [0.1, 0.15) is 16.9 Å². The lowest BCUT2D eigenvalue weighted by molar-refractivity contribution is 0.107. The van der Waals surface area contributed by atoms with Gasteiger partial charge >= 0.3 is 0 Å². The summed E-state index contributed by atoms with van der Waals surface area (Å²) in [7, 11) is 0. The van der Waals surface area contributed by atoms with Crippen LogP contribution in [-0.4, -0.2) is 0 Å². The summed E-state index contributed by atoms with van der Waals surface area (Å²) in [6.45, 7) is 3.18. The molecule has 2 nitrogen and oxygen atoms in total. The Balaban J connectivity index is 1.80. The first-order chi connectivity index (χ1) is 7.34. The van der Waals surface area contributed by atoms with Crippen LogP contribution in [0.3, 0.4) is 0 Å². The summed E-state index contributed by atoms with van der Waals surface area (Å²) in [5.74, 6) is 0.924. The molecule has 0 fully saturated rings. The molecule has 0 atom stereocenters. The minimum Gasteiger partial charge on any atom is -0.469 e. The third-order valence-electron chi connectivity index (χ3n) is 2.17. The first-order valence-electron chi connectivity index (χ1n) is 5.00. The van der Waals surface area contributed by atoms with E-state index in [1.807, 2.05) is 31.2 Å². The molecule has 2 aromatic rings. The molecule has 0 aliphatic carbocycles. The molecule has 1 aromatic carbocycles. The highest BCUT2D eigenvalue weighted by Crippen LogP contribution is 2.09. The van der Waals surface area contributed by atoms with Crippen LogP contribution in [0.15, 0.2) is 47.1 Å². The molecule has 0 aliphatic rings. The van der Waals surface area contributed by atoms with Crippen LogP contribution < -0.4 is 0 Å². The van der Waals surface area contributed by atoms with Gasteiger partial charge in [-0.1, -0.05) is 30.3 Å². The molecule has 0 bridgehead atoms. The van der Waals surface area contributed by atoms with E-state index in [1.165, 1.54) is 5.56 Å². The summed E-state index contributed by atoms with van der Waals surface area (Å²) in [6, 6.07) is 12.1. The second-order valence-electron chi connectivity index (χ2n) is 3.54. The zero-order chi connectivity index (χ0) is 10.5. The SMILES string of the molecule is Cc1cc(COCc2ccccc2)co1. The van der Waals surface area contributed by atoms with E-state index in [9.17, 15) is 0 Å². The Morgan fingerprint density at radius 2 is 1.80 bits per heavy atom. The number of hydrogen-bond donors (Lipinski definition) is 0. The Labute approximate surface area is 89.5 Å². The molecule has 1 heterocycles. The molecule has 0 aliphatic heterocycles. The van der Waals surface area contributed by atoms with Crippen molar-refractivity contribution >= 4 is 0 Å². The van der Waals surface area contributed by atoms with Crippen LogP contribution in [0.4, 0.5) is 0 Å². The van der Waals surface area contributed by atoms with Gasteiger partial charge in [-0.3, -0.25) is 0 Å². The molecular weight excluding hydrogens is 188 g/mol. The Morgan fingerprint density at radius 3 is 2.47 bits per heavy atom. The predicted octanol–water partition coefficient (Wildman–Crippen LogP) is 3.30. The molecule has 0 spiro atoms. The standard InChI is InChI=1S/C13H14O2/c1-11-7-13(10-15-11)9-14-8-12-5-3-2-4-6-12/h2-7,10H,8-9H2,1H3. The van der Waals surface area contributed by atoms with Crippen LogP contribution in [0.25, 0.3) is 0 Å². The Hall–Kier alpha value is -1.54. The van der Waals surface area contributed by atoms with E-state index in [2.05, 4.69) is 12.1 Å². The summed E-state index contributed by atoms with van der Waals surface area (Å²) < 4.78 is 10.7. The number of rotatable bonds is 4. The lowest BCUT2D eigenvalue weighted by Gasteiger charge is -2.01. The Morgan fingerprint density at radius 1 is 1.07 bits per heavy atom. The van der Waals surface area contributed by atoms with E-state index >= 15 is 0 Å². The van der Waals surface area contributed by atoms with Gasteiger partial charge in [-0.15, -0.1) is 0 Å². The van der Waals surface area contributed by atoms with Crippen LogP contribution in [-0.2, 0) is 18.0 Å². The number of ether oxygens (including phenoxy) is 1. The van der Waals surface area contributed by atoms with Gasteiger partial charge in [0.25, 0.3) is 0 Å². The quantitative estimate of drug-likeness (QED) is 0.759. The molecule has 0 saturated carbocycles. The van der Waals surface area contributed by atoms with E-state index in [1.54, 1.807) is 6.26 Å². The highest BCUT2D eigenvalue weighted by molar-refractivity contribution is 5.14. The molecular formula is C13H14O2. The topological polar surface area (TPSA) is 22.4 Å². The average Bonchev–Trinajstić information content (AvgIpc) is 2.66. The zero-order valence-corrected chi connectivity index (χ0v) is 8.77. The van der Waals surface area contributed by atoms with Gasteiger partial charge in [0.15, 0.2) is 0 Å². The second kappa shape index (κ2) is 4.80. The summed E-state index contributed by atoms with van der Waals surface area (Å²) in [6.07, 6.45) is 1.74. The summed E-state index contributed by atoms with van der Waals surface area (Å²) in [4.78, 5) is 0. The largest absolute Gasteiger partial charge is 0.469 e. The average molecular weight is 202 g/mol. The number of hydrogen-bond acceptors (Lipinski definition) is 2. The Kier molecular flexibility index (Phi) is 3.20. The van der Waals surface area contributed by atoms with Crippen molar-refractivity contribution in [2.75, 3.05) is 0 Å². The van der Waals surface area contributed by atoms with E-state index in [4.69, 9.17) is 9.15 Å². The molecule has 1 aromatic heterocycles. The Bertz CT molecular complexity index is 403. The summed E-state index contributed by atoms with van der Waals surface area (Å²) in [5, 5.41) is 0. The van der Waals surface area contributed by atoms with Crippen molar-refractivity contribution in [3.05, 3.63) is 59.5 Å².